The highest BCUT2D eigenvalue weighted by Gasteiger charge is 2.30. The molecule has 21 heavy (non-hydrogen) atoms. The maximum Gasteiger partial charge on any atom is 0.407 e. The molecule has 1 heterocycles. The van der Waals surface area contributed by atoms with E-state index in [0.29, 0.717) is 32.6 Å². The predicted molar refractivity (Wildman–Crippen MR) is 78.9 cm³/mol. The third-order valence-corrected chi connectivity index (χ3v) is 4.02. The zero-order valence-electron chi connectivity index (χ0n) is 12.3. The minimum absolute atomic E-state index is 0.119. The largest absolute Gasteiger partial charge is 0.465 e. The van der Waals surface area contributed by atoms with Gasteiger partial charge in [-0.05, 0) is 36.6 Å². The molecule has 0 aromatic heterocycles. The molecule has 0 bridgehead atoms. The van der Waals surface area contributed by atoms with Gasteiger partial charge in [0.2, 0.25) is 0 Å². The number of aryl methyl sites for hydroxylation is 1. The number of benzene rings is 1. The van der Waals surface area contributed by atoms with E-state index in [4.69, 9.17) is 5.73 Å². The minimum Gasteiger partial charge on any atom is -0.465 e. The van der Waals surface area contributed by atoms with Crippen molar-refractivity contribution in [2.75, 3.05) is 32.7 Å². The van der Waals surface area contributed by atoms with Crippen LogP contribution in [0.5, 0.6) is 0 Å². The number of hydrogen-bond donors (Lipinski definition) is 2. The van der Waals surface area contributed by atoms with E-state index in [1.54, 1.807) is 6.07 Å². The van der Waals surface area contributed by atoms with E-state index >= 15 is 0 Å². The number of rotatable bonds is 4. The molecular weight excluding hydrogens is 273 g/mol. The van der Waals surface area contributed by atoms with Gasteiger partial charge in [0, 0.05) is 32.7 Å². The first-order valence-corrected chi connectivity index (χ1v) is 7.18. The van der Waals surface area contributed by atoms with Crippen LogP contribution in [0.3, 0.4) is 0 Å². The summed E-state index contributed by atoms with van der Waals surface area (Å²) in [6.45, 7) is 5.05. The van der Waals surface area contributed by atoms with E-state index in [2.05, 4.69) is 4.90 Å². The van der Waals surface area contributed by atoms with Gasteiger partial charge in [0.15, 0.2) is 0 Å². The molecule has 2 rings (SSSR count). The van der Waals surface area contributed by atoms with Crippen LogP contribution in [-0.4, -0.2) is 59.8 Å². The van der Waals surface area contributed by atoms with Gasteiger partial charge in [-0.1, -0.05) is 6.07 Å². The molecular formula is C15H22FN3O2. The van der Waals surface area contributed by atoms with Crippen molar-refractivity contribution in [1.29, 1.82) is 0 Å². The molecule has 1 aromatic rings. The van der Waals surface area contributed by atoms with Gasteiger partial charge >= 0.3 is 6.09 Å². The minimum atomic E-state index is -0.896. The lowest BCUT2D eigenvalue weighted by Gasteiger charge is -2.40. The Morgan fingerprint density at radius 1 is 1.48 bits per heavy atom. The van der Waals surface area contributed by atoms with Crippen LogP contribution < -0.4 is 5.73 Å². The predicted octanol–water partition coefficient (Wildman–Crippen LogP) is 1.30. The molecule has 1 amide bonds. The summed E-state index contributed by atoms with van der Waals surface area (Å²) in [5, 5.41) is 9.34. The van der Waals surface area contributed by atoms with E-state index in [1.807, 2.05) is 6.92 Å². The molecule has 1 aromatic carbocycles. The second-order valence-corrected chi connectivity index (χ2v) is 5.49. The van der Waals surface area contributed by atoms with Gasteiger partial charge in [0.05, 0.1) is 6.04 Å². The maximum absolute atomic E-state index is 13.2. The lowest BCUT2D eigenvalue weighted by atomic mass is 9.98. The number of piperazine rings is 1. The molecule has 0 spiro atoms. The molecule has 1 fully saturated rings. The molecule has 0 aliphatic carbocycles. The number of carboxylic acid groups (broad SMARTS) is 1. The van der Waals surface area contributed by atoms with Crippen molar-refractivity contribution < 1.29 is 14.3 Å². The second kappa shape index (κ2) is 6.87. The monoisotopic (exact) mass is 295 g/mol. The second-order valence-electron chi connectivity index (χ2n) is 5.49. The highest BCUT2D eigenvalue weighted by molar-refractivity contribution is 5.65. The number of hydrogen-bond acceptors (Lipinski definition) is 3. The fourth-order valence-corrected chi connectivity index (χ4v) is 2.87. The first kappa shape index (κ1) is 15.7. The fourth-order valence-electron chi connectivity index (χ4n) is 2.87. The van der Waals surface area contributed by atoms with Gasteiger partial charge in [-0.15, -0.1) is 0 Å². The third-order valence-electron chi connectivity index (χ3n) is 4.02. The zero-order valence-corrected chi connectivity index (χ0v) is 12.3. The van der Waals surface area contributed by atoms with E-state index < -0.39 is 6.09 Å². The van der Waals surface area contributed by atoms with Crippen molar-refractivity contribution >= 4 is 6.09 Å². The van der Waals surface area contributed by atoms with Crippen molar-refractivity contribution in [1.82, 2.24) is 9.80 Å². The normalized spacial score (nSPS) is 19.8. The number of nitrogens with two attached hydrogens (primary N) is 1. The Hall–Kier alpha value is -1.66. The van der Waals surface area contributed by atoms with Crippen LogP contribution in [0.1, 0.15) is 11.1 Å². The first-order chi connectivity index (χ1) is 10.0. The Kier molecular flexibility index (Phi) is 5.14. The van der Waals surface area contributed by atoms with E-state index in [0.717, 1.165) is 17.7 Å². The van der Waals surface area contributed by atoms with Crippen molar-refractivity contribution in [3.05, 3.63) is 35.1 Å². The summed E-state index contributed by atoms with van der Waals surface area (Å²) in [7, 11) is 0. The van der Waals surface area contributed by atoms with Gasteiger partial charge in [0.25, 0.3) is 0 Å². The summed E-state index contributed by atoms with van der Waals surface area (Å²) < 4.78 is 13.2. The Labute approximate surface area is 124 Å². The molecule has 0 unspecified atom stereocenters. The average Bonchev–Trinajstić information content (AvgIpc) is 2.42. The quantitative estimate of drug-likeness (QED) is 0.878. The van der Waals surface area contributed by atoms with Crippen LogP contribution >= 0.6 is 0 Å². The Balaban J connectivity index is 2.13. The SMILES string of the molecule is Cc1cc(F)ccc1C[C@H]1CN(CCN)CCN1C(=O)O. The van der Waals surface area contributed by atoms with Crippen molar-refractivity contribution in [2.45, 2.75) is 19.4 Å². The fraction of sp³-hybridized carbons (Fsp3) is 0.533. The van der Waals surface area contributed by atoms with Crippen LogP contribution in [0.15, 0.2) is 18.2 Å². The van der Waals surface area contributed by atoms with E-state index in [9.17, 15) is 14.3 Å². The van der Waals surface area contributed by atoms with Gasteiger partial charge in [-0.3, -0.25) is 4.90 Å². The van der Waals surface area contributed by atoms with E-state index in [1.165, 1.54) is 17.0 Å². The van der Waals surface area contributed by atoms with Crippen molar-refractivity contribution in [2.24, 2.45) is 5.73 Å². The third kappa shape index (κ3) is 3.92. The van der Waals surface area contributed by atoms with E-state index in [-0.39, 0.29) is 11.9 Å². The summed E-state index contributed by atoms with van der Waals surface area (Å²) in [5.74, 6) is -0.264. The molecule has 5 nitrogen and oxygen atoms in total. The number of carbonyl (C=O) groups is 1. The van der Waals surface area contributed by atoms with Crippen LogP contribution in [0.2, 0.25) is 0 Å². The van der Waals surface area contributed by atoms with Crippen LogP contribution in [0.4, 0.5) is 9.18 Å². The summed E-state index contributed by atoms with van der Waals surface area (Å²) in [4.78, 5) is 15.0. The highest BCUT2D eigenvalue weighted by atomic mass is 19.1. The molecule has 1 aliphatic rings. The van der Waals surface area contributed by atoms with Gasteiger partial charge in [-0.2, -0.15) is 0 Å². The van der Waals surface area contributed by atoms with Gasteiger partial charge in [0.1, 0.15) is 5.82 Å². The smallest absolute Gasteiger partial charge is 0.407 e. The molecule has 1 atom stereocenters. The molecule has 1 saturated heterocycles. The summed E-state index contributed by atoms with van der Waals surface area (Å²) in [5.41, 5.74) is 7.43. The number of halogens is 1. The van der Waals surface area contributed by atoms with Crippen LogP contribution in [0.25, 0.3) is 0 Å². The number of nitrogens with zero attached hydrogens (tertiary/aromatic N) is 2. The molecule has 0 saturated carbocycles. The van der Waals surface area contributed by atoms with Crippen molar-refractivity contribution in [3.8, 4) is 0 Å². The maximum atomic E-state index is 13.2. The molecule has 3 N–H and O–H groups in total. The zero-order chi connectivity index (χ0) is 15.4. The van der Waals surface area contributed by atoms with Gasteiger partial charge in [-0.25, -0.2) is 9.18 Å². The Bertz CT molecular complexity index is 510. The summed E-state index contributed by atoms with van der Waals surface area (Å²) in [6, 6.07) is 4.54. The summed E-state index contributed by atoms with van der Waals surface area (Å²) in [6.07, 6.45) is -0.299. The van der Waals surface area contributed by atoms with Gasteiger partial charge < -0.3 is 15.7 Å². The standard InChI is InChI=1S/C15H22FN3O2/c1-11-8-13(16)3-2-12(11)9-14-10-18(5-4-17)6-7-19(14)15(20)21/h2-3,8,14H,4-7,9-10,17H2,1H3,(H,20,21)/t14-/m0/s1. The van der Waals surface area contributed by atoms with Crippen LogP contribution in [0, 0.1) is 12.7 Å². The number of amides is 1. The Morgan fingerprint density at radius 3 is 2.86 bits per heavy atom. The molecule has 6 heteroatoms. The first-order valence-electron chi connectivity index (χ1n) is 7.18. The molecule has 1 aliphatic heterocycles. The lowest BCUT2D eigenvalue weighted by molar-refractivity contribution is 0.0688. The average molecular weight is 295 g/mol. The van der Waals surface area contributed by atoms with Crippen molar-refractivity contribution in [3.63, 3.8) is 0 Å². The molecule has 0 radical (unpaired) electrons. The van der Waals surface area contributed by atoms with Crippen LogP contribution in [-0.2, 0) is 6.42 Å². The molecule has 116 valence electrons. The summed E-state index contributed by atoms with van der Waals surface area (Å²) >= 11 is 0. The topological polar surface area (TPSA) is 69.8 Å². The highest BCUT2D eigenvalue weighted by Crippen LogP contribution is 2.18. The lowest BCUT2D eigenvalue weighted by Crippen LogP contribution is -2.56. The Morgan fingerprint density at radius 2 is 2.24 bits per heavy atom.